The third-order valence-electron chi connectivity index (χ3n) is 6.44. The third-order valence-corrected chi connectivity index (χ3v) is 6.44. The molecule has 200 valence electrons. The number of ether oxygens (including phenoxy) is 4. The Hall–Kier alpha value is -1.44. The first-order valence-corrected chi connectivity index (χ1v) is 12.7. The van der Waals surface area contributed by atoms with Crippen molar-refractivity contribution in [3.8, 4) is 0 Å². The molecular formula is C27H51NO6. The molecule has 0 saturated heterocycles. The molecule has 7 nitrogen and oxygen atoms in total. The summed E-state index contributed by atoms with van der Waals surface area (Å²) in [4.78, 5) is 24.9. The van der Waals surface area contributed by atoms with Crippen molar-refractivity contribution in [2.24, 2.45) is 23.7 Å². The van der Waals surface area contributed by atoms with Crippen LogP contribution in [0.5, 0.6) is 0 Å². The fraction of sp³-hybridized carbons (Fsp3) is 0.852. The van der Waals surface area contributed by atoms with Gasteiger partial charge in [-0.25, -0.2) is 0 Å². The van der Waals surface area contributed by atoms with Crippen molar-refractivity contribution in [1.29, 1.82) is 0 Å². The first-order valence-electron chi connectivity index (χ1n) is 12.7. The van der Waals surface area contributed by atoms with Gasteiger partial charge in [0.15, 0.2) is 0 Å². The monoisotopic (exact) mass is 485 g/mol. The minimum Gasteiger partial charge on any atom is -0.462 e. The molecular weight excluding hydrogens is 434 g/mol. The lowest BCUT2D eigenvalue weighted by Crippen LogP contribution is -2.39. The SMILES string of the molecule is CCCO[C@H](C)C[C@H](OC)[C@@H](C)CC[C@@H](OC(=O)C(C)C)[C@H](C)[C@H](OC)[C@H](C)/C=C/N(C)C=O. The Labute approximate surface area is 208 Å². The Balaban J connectivity index is 5.39. The van der Waals surface area contributed by atoms with Gasteiger partial charge in [-0.3, -0.25) is 9.59 Å². The quantitative estimate of drug-likeness (QED) is 0.188. The Kier molecular flexibility index (Phi) is 17.2. The Bertz CT molecular complexity index is 581. The molecule has 0 aliphatic rings. The summed E-state index contributed by atoms with van der Waals surface area (Å²) in [5, 5.41) is 0. The van der Waals surface area contributed by atoms with Crippen LogP contribution >= 0.6 is 0 Å². The molecule has 0 aromatic heterocycles. The molecule has 34 heavy (non-hydrogen) atoms. The van der Waals surface area contributed by atoms with E-state index in [-0.39, 0.29) is 54.1 Å². The van der Waals surface area contributed by atoms with Crippen LogP contribution in [-0.2, 0) is 28.5 Å². The number of methoxy groups -OCH3 is 2. The van der Waals surface area contributed by atoms with Crippen LogP contribution in [0.15, 0.2) is 12.3 Å². The van der Waals surface area contributed by atoms with E-state index in [0.717, 1.165) is 38.7 Å². The van der Waals surface area contributed by atoms with Crippen molar-refractivity contribution in [3.63, 3.8) is 0 Å². The summed E-state index contributed by atoms with van der Waals surface area (Å²) >= 11 is 0. The highest BCUT2D eigenvalue weighted by molar-refractivity contribution is 5.71. The van der Waals surface area contributed by atoms with Crippen LogP contribution in [0.25, 0.3) is 0 Å². The molecule has 0 radical (unpaired) electrons. The van der Waals surface area contributed by atoms with E-state index < -0.39 is 0 Å². The average molecular weight is 486 g/mol. The van der Waals surface area contributed by atoms with Crippen LogP contribution in [0, 0.1) is 23.7 Å². The van der Waals surface area contributed by atoms with E-state index in [4.69, 9.17) is 18.9 Å². The lowest BCUT2D eigenvalue weighted by Gasteiger charge is -2.34. The van der Waals surface area contributed by atoms with E-state index in [9.17, 15) is 9.59 Å². The summed E-state index contributed by atoms with van der Waals surface area (Å²) in [7, 11) is 5.12. The van der Waals surface area contributed by atoms with Gasteiger partial charge >= 0.3 is 5.97 Å². The Morgan fingerprint density at radius 2 is 1.62 bits per heavy atom. The lowest BCUT2D eigenvalue weighted by atomic mass is 9.84. The number of carbonyl (C=O) groups is 2. The van der Waals surface area contributed by atoms with Gasteiger partial charge in [-0.2, -0.15) is 0 Å². The highest BCUT2D eigenvalue weighted by Gasteiger charge is 2.33. The molecule has 0 saturated carbocycles. The fourth-order valence-electron chi connectivity index (χ4n) is 4.14. The summed E-state index contributed by atoms with van der Waals surface area (Å²) in [6.07, 6.45) is 7.59. The molecule has 1 amide bonds. The maximum Gasteiger partial charge on any atom is 0.308 e. The molecule has 7 atom stereocenters. The predicted molar refractivity (Wildman–Crippen MR) is 136 cm³/mol. The Morgan fingerprint density at radius 1 is 0.971 bits per heavy atom. The third kappa shape index (κ3) is 12.3. The van der Waals surface area contributed by atoms with E-state index in [1.54, 1.807) is 27.5 Å². The topological polar surface area (TPSA) is 74.3 Å². The van der Waals surface area contributed by atoms with E-state index in [1.165, 1.54) is 4.90 Å². The zero-order valence-electron chi connectivity index (χ0n) is 23.3. The molecule has 0 aliphatic carbocycles. The zero-order valence-corrected chi connectivity index (χ0v) is 23.3. The molecule has 0 heterocycles. The van der Waals surface area contributed by atoms with Crippen LogP contribution < -0.4 is 0 Å². The van der Waals surface area contributed by atoms with Gasteiger partial charge in [-0.15, -0.1) is 0 Å². The van der Waals surface area contributed by atoms with Gasteiger partial charge in [0.1, 0.15) is 6.10 Å². The number of nitrogens with zero attached hydrogens (tertiary/aromatic N) is 1. The van der Waals surface area contributed by atoms with Crippen molar-refractivity contribution in [2.75, 3.05) is 27.9 Å². The van der Waals surface area contributed by atoms with Gasteiger partial charge in [0.25, 0.3) is 0 Å². The molecule has 0 fully saturated rings. The first-order chi connectivity index (χ1) is 16.0. The smallest absolute Gasteiger partial charge is 0.308 e. The summed E-state index contributed by atoms with van der Waals surface area (Å²) in [5.41, 5.74) is 0. The van der Waals surface area contributed by atoms with Crippen LogP contribution in [0.3, 0.4) is 0 Å². The highest BCUT2D eigenvalue weighted by atomic mass is 16.5. The van der Waals surface area contributed by atoms with Crippen LogP contribution in [0.1, 0.15) is 74.1 Å². The Morgan fingerprint density at radius 3 is 2.12 bits per heavy atom. The number of amides is 1. The summed E-state index contributed by atoms with van der Waals surface area (Å²) < 4.78 is 23.4. The fourth-order valence-corrected chi connectivity index (χ4v) is 4.14. The van der Waals surface area contributed by atoms with E-state index >= 15 is 0 Å². The normalized spacial score (nSPS) is 18.2. The van der Waals surface area contributed by atoms with Gasteiger partial charge in [0, 0.05) is 45.9 Å². The van der Waals surface area contributed by atoms with E-state index in [0.29, 0.717) is 0 Å². The van der Waals surface area contributed by atoms with Gasteiger partial charge < -0.3 is 23.8 Å². The summed E-state index contributed by atoms with van der Waals surface area (Å²) in [6, 6.07) is 0. The molecule has 0 spiro atoms. The highest BCUT2D eigenvalue weighted by Crippen LogP contribution is 2.29. The summed E-state index contributed by atoms with van der Waals surface area (Å²) in [5.74, 6) is -0.120. The first kappa shape index (κ1) is 32.6. The molecule has 0 rings (SSSR count). The molecule has 0 unspecified atom stereocenters. The maximum atomic E-state index is 12.5. The second-order valence-electron chi connectivity index (χ2n) is 9.91. The molecule has 0 aromatic carbocycles. The number of hydrogen-bond donors (Lipinski definition) is 0. The standard InChI is InChI=1S/C27H51NO6/c1-11-16-33-22(6)17-25(31-9)20(4)12-13-24(34-27(30)19(2)3)23(7)26(32-10)21(5)14-15-28(8)18-29/h14-15,18-26H,11-13,16-17H2,1-10H3/b15-14+/t20-,21+,22+,23-,24+,25-,26+/m0/s1. The molecule has 0 bridgehead atoms. The number of hydrogen-bond acceptors (Lipinski definition) is 6. The number of esters is 1. The van der Waals surface area contributed by atoms with Crippen LogP contribution in [0.2, 0.25) is 0 Å². The minimum absolute atomic E-state index is 0.0309. The van der Waals surface area contributed by atoms with Gasteiger partial charge in [0.05, 0.1) is 24.2 Å². The number of carbonyl (C=O) groups excluding carboxylic acids is 2. The van der Waals surface area contributed by atoms with Crippen molar-refractivity contribution < 1.29 is 28.5 Å². The van der Waals surface area contributed by atoms with Crippen molar-refractivity contribution >= 4 is 12.4 Å². The molecule has 0 aliphatic heterocycles. The van der Waals surface area contributed by atoms with Crippen LogP contribution in [0.4, 0.5) is 0 Å². The van der Waals surface area contributed by atoms with E-state index in [2.05, 4.69) is 27.7 Å². The van der Waals surface area contributed by atoms with Gasteiger partial charge in [0.2, 0.25) is 6.41 Å². The second-order valence-corrected chi connectivity index (χ2v) is 9.91. The molecule has 0 aromatic rings. The van der Waals surface area contributed by atoms with Gasteiger partial charge in [-0.1, -0.05) is 47.6 Å². The largest absolute Gasteiger partial charge is 0.462 e. The summed E-state index contributed by atoms with van der Waals surface area (Å²) in [6.45, 7) is 14.9. The van der Waals surface area contributed by atoms with Crippen molar-refractivity contribution in [3.05, 3.63) is 12.3 Å². The van der Waals surface area contributed by atoms with Gasteiger partial charge in [-0.05, 0) is 38.5 Å². The minimum atomic E-state index is -0.284. The van der Waals surface area contributed by atoms with E-state index in [1.807, 2.05) is 26.8 Å². The number of rotatable bonds is 19. The second kappa shape index (κ2) is 17.9. The van der Waals surface area contributed by atoms with Crippen molar-refractivity contribution in [2.45, 2.75) is 98.6 Å². The lowest BCUT2D eigenvalue weighted by molar-refractivity contribution is -0.159. The van der Waals surface area contributed by atoms with Crippen LogP contribution in [-0.4, -0.2) is 69.6 Å². The molecule has 0 N–H and O–H groups in total. The predicted octanol–water partition coefficient (Wildman–Crippen LogP) is 5.08. The average Bonchev–Trinajstić information content (AvgIpc) is 2.81. The van der Waals surface area contributed by atoms with Crippen molar-refractivity contribution in [1.82, 2.24) is 4.90 Å². The zero-order chi connectivity index (χ0) is 26.3. The maximum absolute atomic E-state index is 12.5. The molecule has 7 heteroatoms.